The molecule has 0 atom stereocenters. The summed E-state index contributed by atoms with van der Waals surface area (Å²) in [6.07, 6.45) is 1.49. The predicted octanol–water partition coefficient (Wildman–Crippen LogP) is 10.3. The normalized spacial score (nSPS) is 11.9. The number of aromatic nitrogens is 2. The van der Waals surface area contributed by atoms with Gasteiger partial charge in [-0.25, -0.2) is 18.4 Å². The van der Waals surface area contributed by atoms with Crippen molar-refractivity contribution in [2.45, 2.75) is 4.90 Å². The van der Waals surface area contributed by atoms with E-state index in [9.17, 15) is 13.7 Å². The summed E-state index contributed by atoms with van der Waals surface area (Å²) in [5, 5.41) is 14.6. The number of rotatable bonds is 6. The summed E-state index contributed by atoms with van der Waals surface area (Å²) in [6, 6.07) is 52.1. The van der Waals surface area contributed by atoms with Gasteiger partial charge in [-0.05, 0) is 80.7 Å². The molecule has 1 aromatic heterocycles. The maximum absolute atomic E-state index is 13.8. The number of benzene rings is 7. The molecule has 0 saturated heterocycles. The molecule has 0 fully saturated rings. The fourth-order valence-corrected chi connectivity index (χ4v) is 7.56. The van der Waals surface area contributed by atoms with Crippen LogP contribution >= 0.6 is 0 Å². The molecule has 0 aliphatic heterocycles. The van der Waals surface area contributed by atoms with Crippen molar-refractivity contribution in [2.75, 3.05) is 0 Å². The minimum absolute atomic E-state index is 0.0587. The van der Waals surface area contributed by atoms with Crippen molar-refractivity contribution in [3.05, 3.63) is 168 Å². The quantitative estimate of drug-likeness (QED) is 0.132. The maximum Gasteiger partial charge on any atom is 0.216 e. The van der Waals surface area contributed by atoms with Gasteiger partial charge in [0, 0.05) is 11.1 Å². The molecule has 0 saturated carbocycles. The molecule has 0 bridgehead atoms. The molecule has 49 heavy (non-hydrogen) atoms. The fourth-order valence-electron chi connectivity index (χ4n) is 6.39. The minimum atomic E-state index is -4.11. The Labute approximate surface area is 284 Å². The lowest BCUT2D eigenvalue weighted by Gasteiger charge is -2.16. The van der Waals surface area contributed by atoms with Gasteiger partial charge in [0.05, 0.1) is 27.3 Å². The molecular formula is C43H27N3O2S. The van der Waals surface area contributed by atoms with E-state index in [4.69, 9.17) is 9.97 Å². The highest BCUT2D eigenvalue weighted by atomic mass is 32.2. The van der Waals surface area contributed by atoms with Gasteiger partial charge in [-0.2, -0.15) is 5.26 Å². The third-order valence-corrected chi connectivity index (χ3v) is 10.4. The zero-order valence-electron chi connectivity index (χ0n) is 26.2. The molecule has 0 N–H and O–H groups in total. The molecule has 0 radical (unpaired) electrons. The number of fused-ring (bicyclic) bond motifs is 4. The molecule has 6 heteroatoms. The third kappa shape index (κ3) is 5.42. The van der Waals surface area contributed by atoms with Gasteiger partial charge in [-0.3, -0.25) is 0 Å². The van der Waals surface area contributed by atoms with E-state index in [1.807, 2.05) is 103 Å². The van der Waals surface area contributed by atoms with Crippen molar-refractivity contribution in [3.8, 4) is 39.7 Å². The van der Waals surface area contributed by atoms with Crippen LogP contribution in [0.4, 0.5) is 0 Å². The maximum atomic E-state index is 13.8. The van der Waals surface area contributed by atoms with Crippen LogP contribution in [0.15, 0.2) is 168 Å². The number of allylic oxidation sites excluding steroid dienone is 1. The van der Waals surface area contributed by atoms with Gasteiger partial charge >= 0.3 is 0 Å². The minimum Gasteiger partial charge on any atom is -0.244 e. The van der Waals surface area contributed by atoms with E-state index >= 15 is 0 Å². The van der Waals surface area contributed by atoms with E-state index in [-0.39, 0.29) is 9.80 Å². The summed E-state index contributed by atoms with van der Waals surface area (Å²) in [5.41, 5.74) is 6.80. The molecule has 7 aromatic carbocycles. The van der Waals surface area contributed by atoms with Crippen LogP contribution in [0, 0.1) is 11.3 Å². The van der Waals surface area contributed by atoms with Crippen LogP contribution in [-0.4, -0.2) is 18.4 Å². The summed E-state index contributed by atoms with van der Waals surface area (Å²) in [5.74, 6) is 0. The fraction of sp³-hybridized carbons (Fsp3) is 0. The van der Waals surface area contributed by atoms with Crippen LogP contribution in [0.1, 0.15) is 5.56 Å². The van der Waals surface area contributed by atoms with E-state index in [2.05, 4.69) is 30.3 Å². The number of nitriles is 1. The summed E-state index contributed by atoms with van der Waals surface area (Å²) >= 11 is 0. The molecule has 1 heterocycles. The predicted molar refractivity (Wildman–Crippen MR) is 198 cm³/mol. The van der Waals surface area contributed by atoms with Gasteiger partial charge in [0.1, 0.15) is 11.0 Å². The lowest BCUT2D eigenvalue weighted by Crippen LogP contribution is -2.03. The number of nitrogens with zero attached hydrogens (tertiary/aromatic N) is 3. The molecule has 0 aliphatic rings. The molecular weight excluding hydrogens is 623 g/mol. The Hall–Kier alpha value is -6.42. The van der Waals surface area contributed by atoms with Crippen LogP contribution in [0.3, 0.4) is 0 Å². The third-order valence-electron chi connectivity index (χ3n) is 8.74. The Kier molecular flexibility index (Phi) is 7.52. The monoisotopic (exact) mass is 649 g/mol. The first-order valence-electron chi connectivity index (χ1n) is 15.8. The van der Waals surface area contributed by atoms with Gasteiger partial charge in [-0.15, -0.1) is 0 Å². The second-order valence-corrected chi connectivity index (χ2v) is 13.6. The van der Waals surface area contributed by atoms with Gasteiger partial charge in [0.2, 0.25) is 9.84 Å². The molecule has 0 amide bonds. The van der Waals surface area contributed by atoms with Crippen molar-refractivity contribution >= 4 is 48.5 Å². The van der Waals surface area contributed by atoms with Gasteiger partial charge < -0.3 is 0 Å². The van der Waals surface area contributed by atoms with Crippen molar-refractivity contribution in [1.82, 2.24) is 9.97 Å². The Bertz CT molecular complexity index is 2730. The topological polar surface area (TPSA) is 83.7 Å². The standard InChI is InChI=1S/C43H27N3O2S/c44-28-34(49(47,48)33-16-5-2-6-17-33)26-32-25-31(43-42(29-13-3-1-4-14-29)45-40-21-11-12-22-41(40)46-43)23-24-36(32)39-27-30-15-7-8-18-35(30)37-19-9-10-20-38(37)39/h1-27H/b34-26+. The van der Waals surface area contributed by atoms with Gasteiger partial charge in [0.25, 0.3) is 0 Å². The van der Waals surface area contributed by atoms with E-state index in [1.165, 1.54) is 18.2 Å². The van der Waals surface area contributed by atoms with Crippen molar-refractivity contribution < 1.29 is 8.42 Å². The molecule has 232 valence electrons. The first-order valence-corrected chi connectivity index (χ1v) is 17.3. The Balaban J connectivity index is 1.43. The lowest BCUT2D eigenvalue weighted by atomic mass is 9.89. The van der Waals surface area contributed by atoms with Gasteiger partial charge in [-0.1, -0.05) is 121 Å². The smallest absolute Gasteiger partial charge is 0.216 e. The summed E-state index contributed by atoms with van der Waals surface area (Å²) < 4.78 is 27.7. The van der Waals surface area contributed by atoms with Crippen molar-refractivity contribution in [3.63, 3.8) is 0 Å². The molecule has 5 nitrogen and oxygen atoms in total. The first kappa shape index (κ1) is 29.9. The van der Waals surface area contributed by atoms with Crippen LogP contribution < -0.4 is 0 Å². The summed E-state index contributed by atoms with van der Waals surface area (Å²) in [6.45, 7) is 0. The Morgan fingerprint density at radius 2 is 1.12 bits per heavy atom. The van der Waals surface area contributed by atoms with E-state index < -0.39 is 9.84 Å². The van der Waals surface area contributed by atoms with Crippen LogP contribution in [-0.2, 0) is 9.84 Å². The summed E-state index contributed by atoms with van der Waals surface area (Å²) in [4.78, 5) is 9.83. The number of para-hydroxylation sites is 2. The zero-order chi connectivity index (χ0) is 33.4. The second kappa shape index (κ2) is 12.3. The average molecular weight is 650 g/mol. The largest absolute Gasteiger partial charge is 0.244 e. The Morgan fingerprint density at radius 3 is 1.82 bits per heavy atom. The van der Waals surface area contributed by atoms with Crippen LogP contribution in [0.2, 0.25) is 0 Å². The number of hydrogen-bond donors (Lipinski definition) is 0. The highest BCUT2D eigenvalue weighted by molar-refractivity contribution is 7.95. The molecule has 0 unspecified atom stereocenters. The molecule has 8 aromatic rings. The van der Waals surface area contributed by atoms with Gasteiger partial charge in [0.15, 0.2) is 0 Å². The van der Waals surface area contributed by atoms with Crippen LogP contribution in [0.5, 0.6) is 0 Å². The van der Waals surface area contributed by atoms with E-state index in [1.54, 1.807) is 18.2 Å². The average Bonchev–Trinajstić information content (AvgIpc) is 3.16. The highest BCUT2D eigenvalue weighted by Gasteiger charge is 2.23. The lowest BCUT2D eigenvalue weighted by molar-refractivity contribution is 0.603. The molecule has 0 spiro atoms. The second-order valence-electron chi connectivity index (χ2n) is 11.7. The van der Waals surface area contributed by atoms with Crippen molar-refractivity contribution in [2.24, 2.45) is 0 Å². The SMILES string of the molecule is N#C/C(=C\c1cc(-c2nc3ccccc3nc2-c2ccccc2)ccc1-c1cc2ccccc2c2ccccc12)S(=O)(=O)c1ccccc1. The number of hydrogen-bond acceptors (Lipinski definition) is 5. The molecule has 8 rings (SSSR count). The van der Waals surface area contributed by atoms with E-state index in [0.29, 0.717) is 17.0 Å². The Morgan fingerprint density at radius 1 is 0.551 bits per heavy atom. The summed E-state index contributed by atoms with van der Waals surface area (Å²) in [7, 11) is -4.11. The highest BCUT2D eigenvalue weighted by Crippen LogP contribution is 2.40. The van der Waals surface area contributed by atoms with Crippen molar-refractivity contribution in [1.29, 1.82) is 5.26 Å². The number of sulfone groups is 1. The zero-order valence-corrected chi connectivity index (χ0v) is 27.0. The van der Waals surface area contributed by atoms with Crippen LogP contribution in [0.25, 0.3) is 72.3 Å². The van der Waals surface area contributed by atoms with E-state index in [0.717, 1.165) is 54.8 Å². The first-order chi connectivity index (χ1) is 24.0. The molecule has 0 aliphatic carbocycles.